The molecule has 7 nitrogen and oxygen atoms in total. The fourth-order valence-electron chi connectivity index (χ4n) is 2.27. The third-order valence-electron chi connectivity index (χ3n) is 3.33. The number of aromatic nitrogens is 1. The molecule has 26 heavy (non-hydrogen) atoms. The second-order valence-corrected chi connectivity index (χ2v) is 6.27. The van der Waals surface area contributed by atoms with Gasteiger partial charge in [-0.05, 0) is 30.3 Å². The van der Waals surface area contributed by atoms with Crippen molar-refractivity contribution in [2.75, 3.05) is 24.4 Å². The molecule has 3 aromatic rings. The van der Waals surface area contributed by atoms with Crippen LogP contribution in [0.1, 0.15) is 5.69 Å². The Kier molecular flexibility index (Phi) is 5.77. The molecule has 0 saturated carbocycles. The molecule has 2 N–H and O–H groups in total. The Balaban J connectivity index is 1.59. The summed E-state index contributed by atoms with van der Waals surface area (Å²) < 4.78 is 10.1. The fraction of sp³-hybridized carbons (Fsp3) is 0.167. The molecule has 0 unspecified atom stereocenters. The summed E-state index contributed by atoms with van der Waals surface area (Å²) in [6, 6.07) is 10.5. The Morgan fingerprint density at radius 3 is 2.62 bits per heavy atom. The zero-order chi connectivity index (χ0) is 18.4. The van der Waals surface area contributed by atoms with Gasteiger partial charge >= 0.3 is 0 Å². The van der Waals surface area contributed by atoms with Crippen LogP contribution in [0.2, 0.25) is 0 Å². The summed E-state index contributed by atoms with van der Waals surface area (Å²) in [5.41, 5.74) is 1.84. The number of benzene rings is 1. The highest BCUT2D eigenvalue weighted by molar-refractivity contribution is 7.13. The zero-order valence-corrected chi connectivity index (χ0v) is 14.8. The molecule has 0 spiro atoms. The molecule has 0 saturated heterocycles. The first-order valence-corrected chi connectivity index (χ1v) is 8.69. The molecule has 1 aromatic carbocycles. The average Bonchev–Trinajstić information content (AvgIpc) is 3.26. The first-order valence-electron chi connectivity index (χ1n) is 7.81. The van der Waals surface area contributed by atoms with E-state index >= 15 is 0 Å². The van der Waals surface area contributed by atoms with Crippen molar-refractivity contribution in [1.82, 2.24) is 4.98 Å². The summed E-state index contributed by atoms with van der Waals surface area (Å²) in [6.07, 6.45) is 1.74. The molecule has 0 fully saturated rings. The van der Waals surface area contributed by atoms with E-state index in [4.69, 9.17) is 9.15 Å². The largest absolute Gasteiger partial charge is 0.462 e. The van der Waals surface area contributed by atoms with Gasteiger partial charge in [0, 0.05) is 23.9 Å². The molecule has 0 radical (unpaired) electrons. The smallest absolute Gasteiger partial charge is 0.250 e. The molecule has 134 valence electrons. The number of anilines is 2. The maximum atomic E-state index is 12.2. The second-order valence-electron chi connectivity index (χ2n) is 5.41. The third-order valence-corrected chi connectivity index (χ3v) is 4.24. The topological polar surface area (TPSA) is 93.5 Å². The lowest BCUT2D eigenvalue weighted by molar-refractivity contribution is -0.119. The van der Waals surface area contributed by atoms with Crippen LogP contribution in [0.15, 0.2) is 52.5 Å². The third kappa shape index (κ3) is 4.78. The molecule has 2 heterocycles. The number of nitrogens with one attached hydrogen (secondary N) is 2. The van der Waals surface area contributed by atoms with Crippen LogP contribution in [-0.2, 0) is 20.7 Å². The average molecular weight is 371 g/mol. The molecule has 0 atom stereocenters. The Hall–Kier alpha value is -2.97. The van der Waals surface area contributed by atoms with Gasteiger partial charge in [0.2, 0.25) is 11.8 Å². The minimum absolute atomic E-state index is 0.0294. The maximum absolute atomic E-state index is 12.2. The predicted octanol–water partition coefficient (Wildman–Crippen LogP) is 3.17. The fourth-order valence-corrected chi connectivity index (χ4v) is 3.06. The summed E-state index contributed by atoms with van der Waals surface area (Å²) in [5, 5.41) is 8.06. The van der Waals surface area contributed by atoms with Crippen molar-refractivity contribution in [3.8, 4) is 10.8 Å². The van der Waals surface area contributed by atoms with Crippen molar-refractivity contribution < 1.29 is 18.7 Å². The van der Waals surface area contributed by atoms with E-state index in [-0.39, 0.29) is 24.8 Å². The number of nitrogens with zero attached hydrogens (tertiary/aromatic N) is 1. The highest BCUT2D eigenvalue weighted by Gasteiger charge is 2.11. The Morgan fingerprint density at radius 2 is 1.92 bits per heavy atom. The summed E-state index contributed by atoms with van der Waals surface area (Å²) >= 11 is 1.43. The van der Waals surface area contributed by atoms with E-state index in [2.05, 4.69) is 15.6 Å². The van der Waals surface area contributed by atoms with Gasteiger partial charge in [0.05, 0.1) is 18.4 Å². The number of amides is 2. The van der Waals surface area contributed by atoms with E-state index in [9.17, 15) is 9.59 Å². The minimum atomic E-state index is -0.260. The number of hydrogen-bond donors (Lipinski definition) is 2. The highest BCUT2D eigenvalue weighted by atomic mass is 32.1. The van der Waals surface area contributed by atoms with E-state index in [1.807, 2.05) is 11.4 Å². The van der Waals surface area contributed by atoms with Crippen LogP contribution in [0.25, 0.3) is 10.8 Å². The monoisotopic (exact) mass is 371 g/mol. The van der Waals surface area contributed by atoms with Gasteiger partial charge < -0.3 is 19.8 Å². The van der Waals surface area contributed by atoms with Crippen molar-refractivity contribution in [3.05, 3.63) is 53.7 Å². The number of hydrogen-bond acceptors (Lipinski definition) is 6. The lowest BCUT2D eigenvalue weighted by Gasteiger charge is -2.08. The minimum Gasteiger partial charge on any atom is -0.462 e. The molecule has 0 bridgehead atoms. The van der Waals surface area contributed by atoms with Crippen LogP contribution in [0, 0.1) is 0 Å². The highest BCUT2D eigenvalue weighted by Crippen LogP contribution is 2.24. The van der Waals surface area contributed by atoms with E-state index < -0.39 is 0 Å². The number of thiazole rings is 1. The van der Waals surface area contributed by atoms with Gasteiger partial charge in [-0.15, -0.1) is 11.3 Å². The van der Waals surface area contributed by atoms with Gasteiger partial charge in [0.25, 0.3) is 0 Å². The summed E-state index contributed by atoms with van der Waals surface area (Å²) in [4.78, 5) is 28.2. The van der Waals surface area contributed by atoms with Gasteiger partial charge in [-0.2, -0.15) is 0 Å². The van der Waals surface area contributed by atoms with Gasteiger partial charge in [0.15, 0.2) is 10.8 Å². The van der Waals surface area contributed by atoms with Crippen LogP contribution >= 0.6 is 11.3 Å². The van der Waals surface area contributed by atoms with E-state index in [0.29, 0.717) is 22.8 Å². The van der Waals surface area contributed by atoms with Crippen molar-refractivity contribution in [1.29, 1.82) is 0 Å². The van der Waals surface area contributed by atoms with Crippen LogP contribution in [0.3, 0.4) is 0 Å². The molecule has 0 aliphatic rings. The lowest BCUT2D eigenvalue weighted by Crippen LogP contribution is -2.18. The van der Waals surface area contributed by atoms with Crippen LogP contribution in [-0.4, -0.2) is 30.5 Å². The molecular formula is C18H17N3O4S. The van der Waals surface area contributed by atoms with E-state index in [1.165, 1.54) is 18.4 Å². The van der Waals surface area contributed by atoms with Crippen molar-refractivity contribution >= 4 is 34.5 Å². The van der Waals surface area contributed by atoms with Crippen LogP contribution in [0.5, 0.6) is 0 Å². The first-order chi connectivity index (χ1) is 12.6. The molecular weight excluding hydrogens is 354 g/mol. The summed E-state index contributed by atoms with van der Waals surface area (Å²) in [6.45, 7) is -0.0294. The van der Waals surface area contributed by atoms with Gasteiger partial charge in [-0.25, -0.2) is 4.98 Å². The number of methoxy groups -OCH3 is 1. The van der Waals surface area contributed by atoms with Gasteiger partial charge in [-0.1, -0.05) is 6.07 Å². The second kappa shape index (κ2) is 8.41. The molecule has 0 aliphatic heterocycles. The number of rotatable bonds is 7. The maximum Gasteiger partial charge on any atom is 0.250 e. The summed E-state index contributed by atoms with van der Waals surface area (Å²) in [5.74, 6) is 0.228. The SMILES string of the molecule is COCC(=O)Nc1cccc(NC(=O)Cc2csc(-c3ccco3)n2)c1. The van der Waals surface area contributed by atoms with Crippen LogP contribution in [0.4, 0.5) is 11.4 Å². The number of carbonyl (C=O) groups excluding carboxylic acids is 2. The van der Waals surface area contributed by atoms with Crippen molar-refractivity contribution in [2.45, 2.75) is 6.42 Å². The molecule has 0 aliphatic carbocycles. The summed E-state index contributed by atoms with van der Waals surface area (Å²) in [7, 11) is 1.45. The normalized spacial score (nSPS) is 10.5. The number of carbonyl (C=O) groups is 2. The first kappa shape index (κ1) is 17.8. The number of ether oxygens (including phenoxy) is 1. The predicted molar refractivity (Wildman–Crippen MR) is 99.1 cm³/mol. The van der Waals surface area contributed by atoms with E-state index in [0.717, 1.165) is 5.01 Å². The standard InChI is InChI=1S/C18H17N3O4S/c1-24-10-17(23)20-13-5-2-4-12(8-13)19-16(22)9-14-11-26-18(21-14)15-6-3-7-25-15/h2-8,11H,9-10H2,1H3,(H,19,22)(H,20,23). The zero-order valence-electron chi connectivity index (χ0n) is 14.0. The lowest BCUT2D eigenvalue weighted by atomic mass is 10.2. The Morgan fingerprint density at radius 1 is 1.15 bits per heavy atom. The van der Waals surface area contributed by atoms with Crippen molar-refractivity contribution in [2.24, 2.45) is 0 Å². The Bertz CT molecular complexity index is 889. The molecule has 2 amide bonds. The van der Waals surface area contributed by atoms with Gasteiger partial charge in [-0.3, -0.25) is 9.59 Å². The molecule has 3 rings (SSSR count). The van der Waals surface area contributed by atoms with Gasteiger partial charge in [0.1, 0.15) is 6.61 Å². The van der Waals surface area contributed by atoms with Crippen molar-refractivity contribution in [3.63, 3.8) is 0 Å². The Labute approximate surface area is 154 Å². The molecule has 2 aromatic heterocycles. The van der Waals surface area contributed by atoms with Crippen LogP contribution < -0.4 is 10.6 Å². The van der Waals surface area contributed by atoms with E-state index in [1.54, 1.807) is 36.6 Å². The number of furan rings is 1. The molecule has 8 heteroatoms. The quantitative estimate of drug-likeness (QED) is 0.665.